The number of anilines is 1. The van der Waals surface area contributed by atoms with Gasteiger partial charge in [-0.05, 0) is 24.6 Å². The summed E-state index contributed by atoms with van der Waals surface area (Å²) in [5.41, 5.74) is 8.81. The summed E-state index contributed by atoms with van der Waals surface area (Å²) in [5.74, 6) is -0.457. The van der Waals surface area contributed by atoms with Crippen molar-refractivity contribution >= 4 is 28.8 Å². The first-order valence-electron chi connectivity index (χ1n) is 4.78. The van der Waals surface area contributed by atoms with Crippen LogP contribution in [-0.4, -0.2) is 11.5 Å². The van der Waals surface area contributed by atoms with Gasteiger partial charge in [0.05, 0.1) is 11.3 Å². The highest BCUT2D eigenvalue weighted by atomic mass is 35.5. The molecule has 1 aromatic rings. The van der Waals surface area contributed by atoms with E-state index in [1.54, 1.807) is 19.1 Å². The van der Waals surface area contributed by atoms with Gasteiger partial charge in [0.15, 0.2) is 5.84 Å². The predicted octanol–water partition coefficient (Wildman–Crippen LogP) is 1.75. The van der Waals surface area contributed by atoms with Crippen molar-refractivity contribution in [2.75, 3.05) is 5.43 Å². The van der Waals surface area contributed by atoms with E-state index < -0.39 is 5.84 Å². The van der Waals surface area contributed by atoms with Gasteiger partial charge in [0.25, 0.3) is 0 Å². The number of hydrazone groups is 1. The Labute approximate surface area is 109 Å². The molecule has 18 heavy (non-hydrogen) atoms. The van der Waals surface area contributed by atoms with Crippen LogP contribution >= 0.6 is 11.6 Å². The third-order valence-electron chi connectivity index (χ3n) is 2.07. The lowest BCUT2D eigenvalue weighted by Gasteiger charge is -2.06. The van der Waals surface area contributed by atoms with Gasteiger partial charge >= 0.3 is 0 Å². The molecule has 0 atom stereocenters. The summed E-state index contributed by atoms with van der Waals surface area (Å²) in [4.78, 5) is 0. The van der Waals surface area contributed by atoms with E-state index in [4.69, 9.17) is 33.3 Å². The Morgan fingerprint density at radius 1 is 1.50 bits per heavy atom. The van der Waals surface area contributed by atoms with E-state index in [-0.39, 0.29) is 5.71 Å². The predicted molar refractivity (Wildman–Crippen MR) is 69.5 cm³/mol. The van der Waals surface area contributed by atoms with Gasteiger partial charge in [0.2, 0.25) is 5.71 Å². The Hall–Kier alpha value is -2.57. The van der Waals surface area contributed by atoms with Crippen LogP contribution in [0.1, 0.15) is 11.1 Å². The Morgan fingerprint density at radius 2 is 2.17 bits per heavy atom. The van der Waals surface area contributed by atoms with Crippen LogP contribution in [0.25, 0.3) is 0 Å². The zero-order valence-electron chi connectivity index (χ0n) is 9.45. The Balaban J connectivity index is 3.14. The number of amidine groups is 1. The first kappa shape index (κ1) is 13.5. The maximum atomic E-state index is 8.95. The summed E-state index contributed by atoms with van der Waals surface area (Å²) in [7, 11) is 0. The van der Waals surface area contributed by atoms with E-state index in [9.17, 15) is 0 Å². The fourth-order valence-corrected chi connectivity index (χ4v) is 1.29. The fourth-order valence-electron chi connectivity index (χ4n) is 1.13. The summed E-state index contributed by atoms with van der Waals surface area (Å²) < 4.78 is 0. The molecule has 0 aromatic heterocycles. The molecule has 0 aliphatic rings. The molecule has 0 unspecified atom stereocenters. The van der Waals surface area contributed by atoms with E-state index >= 15 is 0 Å². The maximum absolute atomic E-state index is 8.95. The molecule has 0 bridgehead atoms. The number of hydrogen-bond donors (Lipinski definition) is 3. The van der Waals surface area contributed by atoms with Gasteiger partial charge < -0.3 is 5.73 Å². The van der Waals surface area contributed by atoms with Gasteiger partial charge in [-0.15, -0.1) is 0 Å². The van der Waals surface area contributed by atoms with Crippen LogP contribution in [0, 0.1) is 35.0 Å². The molecule has 1 aromatic carbocycles. The highest BCUT2D eigenvalue weighted by Crippen LogP contribution is 2.24. The molecule has 1 rings (SSSR count). The van der Waals surface area contributed by atoms with Crippen molar-refractivity contribution in [3.05, 3.63) is 28.3 Å². The minimum Gasteiger partial charge on any atom is -0.382 e. The molecule has 0 spiro atoms. The van der Waals surface area contributed by atoms with Crippen molar-refractivity contribution in [3.63, 3.8) is 0 Å². The van der Waals surface area contributed by atoms with Crippen LogP contribution in [0.4, 0.5) is 5.69 Å². The molecule has 0 aliphatic carbocycles. The topological polar surface area (TPSA) is 122 Å². The summed E-state index contributed by atoms with van der Waals surface area (Å²) in [6.45, 7) is 1.77. The normalized spacial score (nSPS) is 10.3. The third-order valence-corrected chi connectivity index (χ3v) is 2.48. The largest absolute Gasteiger partial charge is 0.382 e. The SMILES string of the molecule is Cc1cc(C#N)c(N/N=C(\C#N)C(=N)N)cc1Cl. The Morgan fingerprint density at radius 3 is 2.67 bits per heavy atom. The second-order valence-corrected chi connectivity index (χ2v) is 3.76. The summed E-state index contributed by atoms with van der Waals surface area (Å²) in [6, 6.07) is 6.75. The number of halogens is 1. The average Bonchev–Trinajstić information content (AvgIpc) is 2.33. The molecular weight excluding hydrogens is 252 g/mol. The summed E-state index contributed by atoms with van der Waals surface area (Å²) in [6.07, 6.45) is 0. The lowest BCUT2D eigenvalue weighted by molar-refractivity contribution is 1.31. The first-order chi connectivity index (χ1) is 8.49. The number of nitrogens with one attached hydrogen (secondary N) is 2. The minimum atomic E-state index is -0.457. The van der Waals surface area contributed by atoms with Crippen molar-refractivity contribution in [2.45, 2.75) is 6.92 Å². The molecule has 0 saturated heterocycles. The average molecular weight is 261 g/mol. The summed E-state index contributed by atoms with van der Waals surface area (Å²) >= 11 is 5.92. The zero-order chi connectivity index (χ0) is 13.7. The quantitative estimate of drug-likeness (QED) is 0.435. The third kappa shape index (κ3) is 2.97. The molecule has 6 nitrogen and oxygen atoms in total. The van der Waals surface area contributed by atoms with E-state index in [1.807, 2.05) is 6.07 Å². The number of nitriles is 2. The van der Waals surface area contributed by atoms with Gasteiger partial charge in [0.1, 0.15) is 12.1 Å². The monoisotopic (exact) mass is 260 g/mol. The van der Waals surface area contributed by atoms with Gasteiger partial charge in [0, 0.05) is 5.02 Å². The molecule has 0 aliphatic heterocycles. The molecule has 0 fully saturated rings. The minimum absolute atomic E-state index is 0.268. The van der Waals surface area contributed by atoms with Crippen LogP contribution in [0.3, 0.4) is 0 Å². The number of hydrogen-bond acceptors (Lipinski definition) is 5. The second kappa shape index (κ2) is 5.67. The molecule has 0 radical (unpaired) electrons. The number of rotatable bonds is 3. The van der Waals surface area contributed by atoms with E-state index in [2.05, 4.69) is 10.5 Å². The number of nitrogens with zero attached hydrogens (tertiary/aromatic N) is 3. The molecular formula is C11H9ClN6. The lowest BCUT2D eigenvalue weighted by Crippen LogP contribution is -2.22. The number of aryl methyl sites for hydroxylation is 1. The van der Waals surface area contributed by atoms with Crippen LogP contribution < -0.4 is 11.2 Å². The highest BCUT2D eigenvalue weighted by Gasteiger charge is 2.07. The second-order valence-electron chi connectivity index (χ2n) is 3.36. The van der Waals surface area contributed by atoms with Gasteiger partial charge in [-0.2, -0.15) is 15.6 Å². The van der Waals surface area contributed by atoms with Crippen molar-refractivity contribution < 1.29 is 0 Å². The van der Waals surface area contributed by atoms with Crippen molar-refractivity contribution in [1.82, 2.24) is 0 Å². The van der Waals surface area contributed by atoms with Gasteiger partial charge in [-0.25, -0.2) is 0 Å². The van der Waals surface area contributed by atoms with Crippen LogP contribution in [0.5, 0.6) is 0 Å². The van der Waals surface area contributed by atoms with Crippen molar-refractivity contribution in [1.29, 1.82) is 15.9 Å². The fraction of sp³-hybridized carbons (Fsp3) is 0.0909. The van der Waals surface area contributed by atoms with E-state index in [0.29, 0.717) is 16.3 Å². The number of nitrogens with two attached hydrogens (primary N) is 1. The van der Waals surface area contributed by atoms with Crippen molar-refractivity contribution in [3.8, 4) is 12.1 Å². The number of benzene rings is 1. The van der Waals surface area contributed by atoms with Crippen LogP contribution in [0.15, 0.2) is 17.2 Å². The van der Waals surface area contributed by atoms with Gasteiger partial charge in [-0.3, -0.25) is 10.8 Å². The molecule has 0 amide bonds. The standard InChI is InChI=1S/C11H9ClN6/c1-6-2-7(4-13)9(3-8(6)12)17-18-10(5-14)11(15)16/h2-3,17H,1H3,(H3,15,16)/b18-10+. The molecule has 90 valence electrons. The highest BCUT2D eigenvalue weighted by molar-refractivity contribution is 6.45. The Kier molecular flexibility index (Phi) is 4.25. The first-order valence-corrected chi connectivity index (χ1v) is 5.15. The zero-order valence-corrected chi connectivity index (χ0v) is 10.2. The smallest absolute Gasteiger partial charge is 0.201 e. The van der Waals surface area contributed by atoms with Gasteiger partial charge in [-0.1, -0.05) is 11.6 Å². The molecule has 0 saturated carbocycles. The molecule has 7 heteroatoms. The van der Waals surface area contributed by atoms with Crippen molar-refractivity contribution in [2.24, 2.45) is 10.8 Å². The maximum Gasteiger partial charge on any atom is 0.201 e. The van der Waals surface area contributed by atoms with Crippen LogP contribution in [-0.2, 0) is 0 Å². The lowest BCUT2D eigenvalue weighted by atomic mass is 10.1. The summed E-state index contributed by atoms with van der Waals surface area (Å²) in [5, 5.41) is 28.8. The molecule has 0 heterocycles. The van der Waals surface area contributed by atoms with Crippen LogP contribution in [0.2, 0.25) is 5.02 Å². The molecule has 4 N–H and O–H groups in total. The Bertz CT molecular complexity index is 605. The van der Waals surface area contributed by atoms with E-state index in [1.165, 1.54) is 6.07 Å². The van der Waals surface area contributed by atoms with E-state index in [0.717, 1.165) is 5.56 Å².